The summed E-state index contributed by atoms with van der Waals surface area (Å²) in [4.78, 5) is 4.07. The van der Waals surface area contributed by atoms with Crippen LogP contribution < -0.4 is 11.1 Å². The van der Waals surface area contributed by atoms with Crippen molar-refractivity contribution in [3.8, 4) is 0 Å². The van der Waals surface area contributed by atoms with E-state index in [0.717, 1.165) is 11.5 Å². The first-order chi connectivity index (χ1) is 7.63. The summed E-state index contributed by atoms with van der Waals surface area (Å²) >= 11 is 5.77. The SMILES string of the molecule is Cc1cc(CNc2cc(N)cc(Cl)n2)no1. The third-order valence-corrected chi connectivity index (χ3v) is 2.14. The van der Waals surface area contributed by atoms with Crippen molar-refractivity contribution >= 4 is 23.1 Å². The Morgan fingerprint density at radius 1 is 1.44 bits per heavy atom. The second-order valence-corrected chi connectivity index (χ2v) is 3.78. The highest BCUT2D eigenvalue weighted by Gasteiger charge is 2.02. The maximum atomic E-state index is 5.77. The monoisotopic (exact) mass is 238 g/mol. The number of aryl methyl sites for hydroxylation is 1. The Hall–Kier alpha value is -1.75. The van der Waals surface area contributed by atoms with E-state index >= 15 is 0 Å². The molecule has 5 nitrogen and oxygen atoms in total. The molecule has 0 saturated heterocycles. The maximum Gasteiger partial charge on any atom is 0.133 e. The molecule has 16 heavy (non-hydrogen) atoms. The first kappa shape index (κ1) is 10.8. The fraction of sp³-hybridized carbons (Fsp3) is 0.200. The first-order valence-corrected chi connectivity index (χ1v) is 5.10. The van der Waals surface area contributed by atoms with Gasteiger partial charge in [-0.2, -0.15) is 0 Å². The van der Waals surface area contributed by atoms with Gasteiger partial charge in [0.15, 0.2) is 0 Å². The van der Waals surface area contributed by atoms with Crippen molar-refractivity contribution in [1.29, 1.82) is 0 Å². The maximum absolute atomic E-state index is 5.77. The average Bonchev–Trinajstić information content (AvgIpc) is 2.60. The van der Waals surface area contributed by atoms with Gasteiger partial charge < -0.3 is 15.6 Å². The van der Waals surface area contributed by atoms with Crippen LogP contribution in [0.4, 0.5) is 11.5 Å². The summed E-state index contributed by atoms with van der Waals surface area (Å²) in [7, 11) is 0. The molecule has 84 valence electrons. The highest BCUT2D eigenvalue weighted by Crippen LogP contribution is 2.16. The molecule has 0 spiro atoms. The van der Waals surface area contributed by atoms with Crippen molar-refractivity contribution in [1.82, 2.24) is 10.1 Å². The van der Waals surface area contributed by atoms with E-state index in [1.54, 1.807) is 12.1 Å². The number of nitrogens with two attached hydrogens (primary N) is 1. The Labute approximate surface area is 97.6 Å². The molecule has 2 heterocycles. The Bertz CT molecular complexity index is 477. The lowest BCUT2D eigenvalue weighted by atomic mass is 10.3. The van der Waals surface area contributed by atoms with Crippen LogP contribution in [0.2, 0.25) is 5.15 Å². The second-order valence-electron chi connectivity index (χ2n) is 3.39. The van der Waals surface area contributed by atoms with Gasteiger partial charge in [0.05, 0.1) is 6.54 Å². The second kappa shape index (κ2) is 4.40. The van der Waals surface area contributed by atoms with Crippen molar-refractivity contribution in [3.63, 3.8) is 0 Å². The summed E-state index contributed by atoms with van der Waals surface area (Å²) in [5.41, 5.74) is 7.01. The van der Waals surface area contributed by atoms with Crippen molar-refractivity contribution in [3.05, 3.63) is 34.8 Å². The number of rotatable bonds is 3. The molecule has 0 radical (unpaired) electrons. The zero-order valence-electron chi connectivity index (χ0n) is 8.70. The largest absolute Gasteiger partial charge is 0.399 e. The van der Waals surface area contributed by atoms with Gasteiger partial charge in [-0.3, -0.25) is 0 Å². The van der Waals surface area contributed by atoms with Crippen LogP contribution in [0.25, 0.3) is 0 Å². The molecular weight excluding hydrogens is 228 g/mol. The van der Waals surface area contributed by atoms with Gasteiger partial charge >= 0.3 is 0 Å². The summed E-state index contributed by atoms with van der Waals surface area (Å²) in [6.45, 7) is 2.36. The number of pyridine rings is 1. The third-order valence-electron chi connectivity index (χ3n) is 1.94. The van der Waals surface area contributed by atoms with Crippen LogP contribution >= 0.6 is 11.6 Å². The Kier molecular flexibility index (Phi) is 2.96. The lowest BCUT2D eigenvalue weighted by Crippen LogP contribution is -2.02. The summed E-state index contributed by atoms with van der Waals surface area (Å²) in [6, 6.07) is 5.15. The molecule has 0 fully saturated rings. The minimum Gasteiger partial charge on any atom is -0.399 e. The fourth-order valence-electron chi connectivity index (χ4n) is 1.29. The molecule has 0 amide bonds. The van der Waals surface area contributed by atoms with E-state index in [-0.39, 0.29) is 0 Å². The Morgan fingerprint density at radius 2 is 2.25 bits per heavy atom. The van der Waals surface area contributed by atoms with Gasteiger partial charge in [0.25, 0.3) is 0 Å². The summed E-state index contributed by atoms with van der Waals surface area (Å²) in [6.07, 6.45) is 0. The molecule has 0 aliphatic rings. The van der Waals surface area contributed by atoms with Gasteiger partial charge in [-0.1, -0.05) is 16.8 Å². The van der Waals surface area contributed by atoms with E-state index in [0.29, 0.717) is 23.2 Å². The lowest BCUT2D eigenvalue weighted by Gasteiger charge is -2.04. The van der Waals surface area contributed by atoms with E-state index in [4.69, 9.17) is 21.9 Å². The third kappa shape index (κ3) is 2.64. The van der Waals surface area contributed by atoms with Gasteiger partial charge in [-0.15, -0.1) is 0 Å². The number of aromatic nitrogens is 2. The molecule has 0 aliphatic heterocycles. The van der Waals surface area contributed by atoms with Crippen LogP contribution in [0.3, 0.4) is 0 Å². The molecular formula is C10H11ClN4O. The molecule has 0 unspecified atom stereocenters. The molecule has 3 N–H and O–H groups in total. The average molecular weight is 239 g/mol. The molecule has 6 heteroatoms. The number of hydrogen-bond donors (Lipinski definition) is 2. The Balaban J connectivity index is 2.04. The van der Waals surface area contributed by atoms with Crippen molar-refractivity contribution in [2.75, 3.05) is 11.1 Å². The zero-order chi connectivity index (χ0) is 11.5. The lowest BCUT2D eigenvalue weighted by molar-refractivity contribution is 0.391. The highest BCUT2D eigenvalue weighted by molar-refractivity contribution is 6.29. The van der Waals surface area contributed by atoms with Gasteiger partial charge in [-0.25, -0.2) is 4.98 Å². The van der Waals surface area contributed by atoms with Gasteiger partial charge in [0.2, 0.25) is 0 Å². The highest BCUT2D eigenvalue weighted by atomic mass is 35.5. The topological polar surface area (TPSA) is 77.0 Å². The van der Waals surface area contributed by atoms with Gasteiger partial charge in [0.1, 0.15) is 22.4 Å². The minimum absolute atomic E-state index is 0.360. The van der Waals surface area contributed by atoms with E-state index in [9.17, 15) is 0 Å². The minimum atomic E-state index is 0.360. The number of hydrogen-bond acceptors (Lipinski definition) is 5. The predicted molar refractivity (Wildman–Crippen MR) is 62.2 cm³/mol. The number of nitrogens with zero attached hydrogens (tertiary/aromatic N) is 2. The van der Waals surface area contributed by atoms with Crippen molar-refractivity contribution in [2.45, 2.75) is 13.5 Å². The van der Waals surface area contributed by atoms with Crippen LogP contribution in [0, 0.1) is 6.92 Å². The molecule has 0 aromatic carbocycles. The van der Waals surface area contributed by atoms with Crippen molar-refractivity contribution in [2.24, 2.45) is 0 Å². The molecule has 0 bridgehead atoms. The number of nitrogens with one attached hydrogen (secondary N) is 1. The van der Waals surface area contributed by atoms with E-state index in [1.165, 1.54) is 0 Å². The molecule has 2 aromatic rings. The molecule has 0 saturated carbocycles. The van der Waals surface area contributed by atoms with Gasteiger partial charge in [-0.05, 0) is 13.0 Å². The zero-order valence-corrected chi connectivity index (χ0v) is 9.45. The number of nitrogen functional groups attached to an aromatic ring is 1. The van der Waals surface area contributed by atoms with Crippen LogP contribution in [0.1, 0.15) is 11.5 Å². The number of halogens is 1. The normalized spacial score (nSPS) is 10.4. The smallest absolute Gasteiger partial charge is 0.133 e. The van der Waals surface area contributed by atoms with Crippen LogP contribution in [-0.2, 0) is 6.54 Å². The van der Waals surface area contributed by atoms with Crippen LogP contribution in [0.5, 0.6) is 0 Å². The van der Waals surface area contributed by atoms with E-state index in [1.807, 2.05) is 13.0 Å². The van der Waals surface area contributed by atoms with Crippen LogP contribution in [-0.4, -0.2) is 10.1 Å². The first-order valence-electron chi connectivity index (χ1n) is 4.72. The van der Waals surface area contributed by atoms with Crippen molar-refractivity contribution < 1.29 is 4.52 Å². The Morgan fingerprint density at radius 3 is 2.88 bits per heavy atom. The standard InChI is InChI=1S/C10H11ClN4O/c1-6-2-8(15-16-6)5-13-10-4-7(12)3-9(11)14-10/h2-4H,5H2,1H3,(H3,12,13,14). The summed E-state index contributed by atoms with van der Waals surface area (Å²) < 4.78 is 4.94. The number of anilines is 2. The quantitative estimate of drug-likeness (QED) is 0.802. The van der Waals surface area contributed by atoms with E-state index in [2.05, 4.69) is 15.5 Å². The predicted octanol–water partition coefficient (Wildman–Crippen LogP) is 2.23. The molecule has 0 atom stereocenters. The summed E-state index contributed by atoms with van der Waals surface area (Å²) in [5, 5.41) is 7.26. The van der Waals surface area contributed by atoms with Gasteiger partial charge in [0, 0.05) is 17.8 Å². The fourth-order valence-corrected chi connectivity index (χ4v) is 1.51. The van der Waals surface area contributed by atoms with Crippen LogP contribution in [0.15, 0.2) is 22.7 Å². The summed E-state index contributed by atoms with van der Waals surface area (Å²) in [5.74, 6) is 1.39. The molecule has 2 aromatic heterocycles. The molecule has 0 aliphatic carbocycles. The van der Waals surface area contributed by atoms with E-state index < -0.39 is 0 Å². The molecule has 2 rings (SSSR count).